The second kappa shape index (κ2) is 6.95. The van der Waals surface area contributed by atoms with Crippen LogP contribution in [0, 0.1) is 0 Å². The number of fused-ring (bicyclic) bond motifs is 1. The maximum absolute atomic E-state index is 4.86. The van der Waals surface area contributed by atoms with E-state index < -0.39 is 0 Å². The molecule has 1 aliphatic rings. The molecule has 1 saturated heterocycles. The Morgan fingerprint density at radius 2 is 2.00 bits per heavy atom. The zero-order valence-electron chi connectivity index (χ0n) is 14.3. The lowest BCUT2D eigenvalue weighted by Gasteiger charge is -2.27. The van der Waals surface area contributed by atoms with Crippen molar-refractivity contribution in [3.05, 3.63) is 48.8 Å². The minimum absolute atomic E-state index is 0.555. The van der Waals surface area contributed by atoms with Crippen LogP contribution in [-0.4, -0.2) is 43.9 Å². The number of thioether (sulfide) groups is 1. The van der Waals surface area contributed by atoms with Gasteiger partial charge >= 0.3 is 0 Å². The Labute approximate surface area is 165 Å². The van der Waals surface area contributed by atoms with Crippen molar-refractivity contribution in [1.82, 2.24) is 30.9 Å². The highest BCUT2D eigenvalue weighted by atomic mass is 32.2. The van der Waals surface area contributed by atoms with Gasteiger partial charge in [-0.2, -0.15) is 5.21 Å². The number of benzene rings is 2. The Morgan fingerprint density at radius 1 is 1.07 bits per heavy atom. The van der Waals surface area contributed by atoms with Gasteiger partial charge in [0.15, 0.2) is 0 Å². The number of tetrazole rings is 1. The van der Waals surface area contributed by atoms with Crippen LogP contribution in [0.3, 0.4) is 0 Å². The summed E-state index contributed by atoms with van der Waals surface area (Å²) in [5, 5.41) is 20.9. The molecule has 0 atom stereocenters. The van der Waals surface area contributed by atoms with Crippen molar-refractivity contribution in [3.63, 3.8) is 0 Å². The summed E-state index contributed by atoms with van der Waals surface area (Å²) in [6.45, 7) is 2.05. The molecule has 2 N–H and O–H groups in total. The van der Waals surface area contributed by atoms with Crippen LogP contribution in [0.1, 0.15) is 0 Å². The molecule has 134 valence electrons. The van der Waals surface area contributed by atoms with Gasteiger partial charge < -0.3 is 5.32 Å². The van der Waals surface area contributed by atoms with Gasteiger partial charge in [0.05, 0.1) is 0 Å². The lowest BCUT2D eigenvalue weighted by atomic mass is 9.97. The third kappa shape index (κ3) is 3.09. The van der Waals surface area contributed by atoms with Gasteiger partial charge in [-0.1, -0.05) is 18.2 Å². The quantitative estimate of drug-likeness (QED) is 0.462. The van der Waals surface area contributed by atoms with Crippen LogP contribution in [0.5, 0.6) is 0 Å². The van der Waals surface area contributed by atoms with Gasteiger partial charge in [0, 0.05) is 51.5 Å². The number of rotatable bonds is 4. The number of aromatic nitrogens is 5. The molecule has 2 aromatic carbocycles. The third-order valence-corrected chi connectivity index (χ3v) is 6.58. The monoisotopic (exact) mass is 392 g/mol. The van der Waals surface area contributed by atoms with E-state index in [9.17, 15) is 0 Å². The fourth-order valence-corrected chi connectivity index (χ4v) is 4.75. The van der Waals surface area contributed by atoms with E-state index in [0.717, 1.165) is 50.3 Å². The van der Waals surface area contributed by atoms with Crippen molar-refractivity contribution >= 4 is 35.2 Å². The summed E-state index contributed by atoms with van der Waals surface area (Å²) >= 11 is 6.70. The van der Waals surface area contributed by atoms with Gasteiger partial charge in [-0.15, -0.1) is 34.6 Å². The maximum atomic E-state index is 4.86. The molecule has 0 saturated carbocycles. The number of hydrogen-bond acceptors (Lipinski definition) is 7. The van der Waals surface area contributed by atoms with Crippen LogP contribution < -0.4 is 5.32 Å². The number of hydrogen-bond donors (Lipinski definition) is 3. The van der Waals surface area contributed by atoms with Gasteiger partial charge in [-0.3, -0.25) is 4.98 Å². The predicted molar refractivity (Wildman–Crippen MR) is 110 cm³/mol. The Kier molecular flexibility index (Phi) is 4.31. The van der Waals surface area contributed by atoms with Gasteiger partial charge in [0.1, 0.15) is 0 Å². The highest BCUT2D eigenvalue weighted by Crippen LogP contribution is 2.42. The summed E-state index contributed by atoms with van der Waals surface area (Å²) in [7, 11) is 0. The number of H-pyrrole nitrogens is 1. The molecular weight excluding hydrogens is 376 g/mol. The minimum Gasteiger partial charge on any atom is -0.314 e. The first-order valence-electron chi connectivity index (χ1n) is 8.61. The third-order valence-electron chi connectivity index (χ3n) is 4.70. The Hall–Kier alpha value is -2.42. The van der Waals surface area contributed by atoms with Crippen molar-refractivity contribution in [3.8, 4) is 22.5 Å². The minimum atomic E-state index is 0.555. The molecule has 1 aliphatic heterocycles. The number of thiol groups is 1. The smallest absolute Gasteiger partial charge is 0.206 e. The zero-order chi connectivity index (χ0) is 18.2. The van der Waals surface area contributed by atoms with Crippen LogP contribution in [0.2, 0.25) is 0 Å². The van der Waals surface area contributed by atoms with Crippen molar-refractivity contribution in [2.75, 3.05) is 13.1 Å². The van der Waals surface area contributed by atoms with E-state index >= 15 is 0 Å². The fraction of sp³-hybridized carbons (Fsp3) is 0.158. The van der Waals surface area contributed by atoms with Crippen LogP contribution in [0.25, 0.3) is 33.3 Å². The molecule has 2 aromatic heterocycles. The molecule has 0 bridgehead atoms. The number of pyridine rings is 1. The molecule has 0 unspecified atom stereocenters. The zero-order valence-corrected chi connectivity index (χ0v) is 16.0. The second-order valence-electron chi connectivity index (χ2n) is 6.41. The molecule has 27 heavy (non-hydrogen) atoms. The summed E-state index contributed by atoms with van der Waals surface area (Å²) in [6.07, 6.45) is 3.68. The Morgan fingerprint density at radius 3 is 2.78 bits per heavy atom. The van der Waals surface area contributed by atoms with Gasteiger partial charge in [0.25, 0.3) is 0 Å². The highest BCUT2D eigenvalue weighted by Gasteiger charge is 2.23. The van der Waals surface area contributed by atoms with Crippen molar-refractivity contribution in [2.24, 2.45) is 0 Å². The largest absolute Gasteiger partial charge is 0.314 e. The van der Waals surface area contributed by atoms with Crippen LogP contribution in [0.15, 0.2) is 58.6 Å². The van der Waals surface area contributed by atoms with E-state index in [0.29, 0.717) is 11.1 Å². The van der Waals surface area contributed by atoms with Crippen LogP contribution >= 0.6 is 24.4 Å². The fourth-order valence-electron chi connectivity index (χ4n) is 3.18. The first kappa shape index (κ1) is 16.7. The molecule has 5 rings (SSSR count). The lowest BCUT2D eigenvalue weighted by molar-refractivity contribution is 0.543. The van der Waals surface area contributed by atoms with Crippen molar-refractivity contribution in [1.29, 1.82) is 0 Å². The molecule has 3 heterocycles. The summed E-state index contributed by atoms with van der Waals surface area (Å²) in [5.41, 5.74) is 3.03. The van der Waals surface area contributed by atoms with Gasteiger partial charge in [0.2, 0.25) is 5.82 Å². The molecule has 4 aromatic rings. The average Bonchev–Trinajstić information content (AvgIpc) is 3.19. The van der Waals surface area contributed by atoms with E-state index in [-0.39, 0.29) is 0 Å². The first-order valence-corrected chi connectivity index (χ1v) is 9.93. The van der Waals surface area contributed by atoms with E-state index in [1.807, 2.05) is 30.2 Å². The normalized spacial score (nSPS) is 14.4. The van der Waals surface area contributed by atoms with Crippen molar-refractivity contribution in [2.45, 2.75) is 15.0 Å². The topological polar surface area (TPSA) is 79.4 Å². The molecule has 0 aliphatic carbocycles. The maximum Gasteiger partial charge on any atom is 0.206 e. The molecule has 6 nitrogen and oxygen atoms in total. The number of nitrogens with zero attached hydrogens (tertiary/aromatic N) is 4. The van der Waals surface area contributed by atoms with E-state index in [2.05, 4.69) is 61.3 Å². The second-order valence-corrected chi connectivity index (χ2v) is 8.20. The highest BCUT2D eigenvalue weighted by molar-refractivity contribution is 8.00. The molecule has 0 spiro atoms. The van der Waals surface area contributed by atoms with Gasteiger partial charge in [-0.25, -0.2) is 0 Å². The lowest BCUT2D eigenvalue weighted by Crippen LogP contribution is -2.44. The summed E-state index contributed by atoms with van der Waals surface area (Å²) in [5.74, 6) is 0.555. The Bertz CT molecular complexity index is 1110. The average molecular weight is 393 g/mol. The van der Waals surface area contributed by atoms with Gasteiger partial charge in [-0.05, 0) is 39.9 Å². The predicted octanol–water partition coefficient (Wildman–Crippen LogP) is 3.43. The van der Waals surface area contributed by atoms with E-state index in [1.54, 1.807) is 0 Å². The summed E-state index contributed by atoms with van der Waals surface area (Å²) in [6, 6.07) is 12.6. The SMILES string of the molecule is Sc1c(SC2CNC2)ccc(-c2ccc3cnccc3c2)c1-c1nn[nH]n1. The molecule has 0 amide bonds. The molecule has 8 heteroatoms. The standard InChI is InChI=1S/C19H16N6S2/c26-18-16(27-14-9-21-10-14)4-3-15(17(18)19-22-24-25-23-19)12-1-2-13-8-20-6-5-11(13)7-12/h1-8,14,21,26H,9-10H2,(H,22,23,24,25). The van der Waals surface area contributed by atoms with E-state index in [1.165, 1.54) is 0 Å². The Balaban J connectivity index is 1.67. The van der Waals surface area contributed by atoms with Crippen LogP contribution in [-0.2, 0) is 0 Å². The summed E-state index contributed by atoms with van der Waals surface area (Å²) < 4.78 is 0. The first-order chi connectivity index (χ1) is 13.3. The number of aromatic amines is 1. The summed E-state index contributed by atoms with van der Waals surface area (Å²) in [4.78, 5) is 6.21. The molecule has 1 fully saturated rings. The van der Waals surface area contributed by atoms with E-state index in [4.69, 9.17) is 12.6 Å². The van der Waals surface area contributed by atoms with Crippen LogP contribution in [0.4, 0.5) is 0 Å². The van der Waals surface area contributed by atoms with Crippen molar-refractivity contribution < 1.29 is 0 Å². The molecular formula is C19H16N6S2. The molecule has 0 radical (unpaired) electrons. The number of nitrogens with one attached hydrogen (secondary N) is 2.